The van der Waals surface area contributed by atoms with Crippen LogP contribution in [0, 0.1) is 18.3 Å². The van der Waals surface area contributed by atoms with Crippen molar-refractivity contribution in [1.29, 1.82) is 5.26 Å². The molecule has 4 heteroatoms. The number of benzene rings is 2. The lowest BCUT2D eigenvalue weighted by Crippen LogP contribution is -1.92. The van der Waals surface area contributed by atoms with Crippen LogP contribution >= 0.6 is 0 Å². The summed E-state index contributed by atoms with van der Waals surface area (Å²) in [6.45, 7) is 2.00. The SMILES string of the molecule is Cc1ccc(S(=O)c2cn(C)c3ccc(C#N)cc23)cc1. The largest absolute Gasteiger partial charge is 0.349 e. The monoisotopic (exact) mass is 294 g/mol. The molecule has 0 saturated heterocycles. The highest BCUT2D eigenvalue weighted by Crippen LogP contribution is 2.28. The fourth-order valence-corrected chi connectivity index (χ4v) is 3.62. The maximum atomic E-state index is 12.8. The second-order valence-corrected chi connectivity index (χ2v) is 6.48. The summed E-state index contributed by atoms with van der Waals surface area (Å²) in [6, 6.07) is 15.3. The Morgan fingerprint density at radius 2 is 1.86 bits per heavy atom. The molecule has 3 rings (SSSR count). The van der Waals surface area contributed by atoms with E-state index in [2.05, 4.69) is 6.07 Å². The molecule has 1 unspecified atom stereocenters. The second-order valence-electron chi connectivity index (χ2n) is 5.03. The van der Waals surface area contributed by atoms with Gasteiger partial charge in [0.15, 0.2) is 0 Å². The summed E-state index contributed by atoms with van der Waals surface area (Å²) in [5, 5.41) is 9.92. The van der Waals surface area contributed by atoms with E-state index in [1.807, 2.05) is 55.1 Å². The van der Waals surface area contributed by atoms with E-state index in [1.54, 1.807) is 12.1 Å². The predicted octanol–water partition coefficient (Wildman–Crippen LogP) is 3.53. The molecule has 21 heavy (non-hydrogen) atoms. The van der Waals surface area contributed by atoms with Crippen molar-refractivity contribution in [1.82, 2.24) is 4.57 Å². The Bertz CT molecular complexity index is 886. The van der Waals surface area contributed by atoms with Gasteiger partial charge < -0.3 is 4.57 Å². The van der Waals surface area contributed by atoms with Crippen LogP contribution in [0.1, 0.15) is 11.1 Å². The van der Waals surface area contributed by atoms with Gasteiger partial charge in [0, 0.05) is 29.0 Å². The molecular formula is C17H14N2OS. The van der Waals surface area contributed by atoms with Crippen molar-refractivity contribution in [2.24, 2.45) is 7.05 Å². The summed E-state index contributed by atoms with van der Waals surface area (Å²) in [5.41, 5.74) is 2.70. The van der Waals surface area contributed by atoms with Gasteiger partial charge in [-0.2, -0.15) is 5.26 Å². The molecular weight excluding hydrogens is 280 g/mol. The van der Waals surface area contributed by atoms with E-state index in [-0.39, 0.29) is 0 Å². The van der Waals surface area contributed by atoms with Gasteiger partial charge in [-0.05, 0) is 37.3 Å². The van der Waals surface area contributed by atoms with Crippen LogP contribution in [0.4, 0.5) is 0 Å². The molecule has 104 valence electrons. The first-order valence-corrected chi connectivity index (χ1v) is 7.73. The van der Waals surface area contributed by atoms with Crippen molar-refractivity contribution >= 4 is 21.7 Å². The van der Waals surface area contributed by atoms with E-state index < -0.39 is 10.8 Å². The average molecular weight is 294 g/mol. The number of rotatable bonds is 2. The highest BCUT2D eigenvalue weighted by atomic mass is 32.2. The van der Waals surface area contributed by atoms with Crippen LogP contribution < -0.4 is 0 Å². The number of aryl methyl sites for hydroxylation is 2. The van der Waals surface area contributed by atoms with Crippen LogP contribution in [0.25, 0.3) is 10.9 Å². The highest BCUT2D eigenvalue weighted by molar-refractivity contribution is 7.85. The van der Waals surface area contributed by atoms with E-state index >= 15 is 0 Å². The van der Waals surface area contributed by atoms with Gasteiger partial charge in [-0.3, -0.25) is 0 Å². The van der Waals surface area contributed by atoms with Crippen molar-refractivity contribution in [2.75, 3.05) is 0 Å². The minimum Gasteiger partial charge on any atom is -0.349 e. The minimum atomic E-state index is -1.25. The van der Waals surface area contributed by atoms with Crippen LogP contribution in [0.2, 0.25) is 0 Å². The summed E-state index contributed by atoms with van der Waals surface area (Å²) in [4.78, 5) is 1.52. The van der Waals surface area contributed by atoms with Crippen molar-refractivity contribution in [3.63, 3.8) is 0 Å². The third-order valence-corrected chi connectivity index (χ3v) is 4.94. The molecule has 1 heterocycles. The van der Waals surface area contributed by atoms with Gasteiger partial charge >= 0.3 is 0 Å². The number of fused-ring (bicyclic) bond motifs is 1. The summed E-state index contributed by atoms with van der Waals surface area (Å²) in [7, 11) is 0.672. The molecule has 0 aliphatic carbocycles. The molecule has 0 amide bonds. The zero-order valence-electron chi connectivity index (χ0n) is 11.8. The predicted molar refractivity (Wildman–Crippen MR) is 83.5 cm³/mol. The Kier molecular flexibility index (Phi) is 3.36. The molecule has 0 bridgehead atoms. The summed E-state index contributed by atoms with van der Waals surface area (Å²) in [6.07, 6.45) is 1.88. The molecule has 0 spiro atoms. The molecule has 3 nitrogen and oxygen atoms in total. The van der Waals surface area contributed by atoms with Crippen molar-refractivity contribution in [3.8, 4) is 6.07 Å². The first kappa shape index (κ1) is 13.6. The standard InChI is InChI=1S/C17H14N2OS/c1-12-3-6-14(7-4-12)21(20)17-11-19(2)16-8-5-13(10-18)9-15(16)17/h3-9,11H,1-2H3. The molecule has 2 aromatic carbocycles. The third kappa shape index (κ3) is 2.37. The average Bonchev–Trinajstić information content (AvgIpc) is 2.84. The number of nitriles is 1. The zero-order valence-corrected chi connectivity index (χ0v) is 12.6. The van der Waals surface area contributed by atoms with Crippen LogP contribution in [0.5, 0.6) is 0 Å². The summed E-state index contributed by atoms with van der Waals surface area (Å²) < 4.78 is 14.7. The molecule has 1 aromatic heterocycles. The molecule has 3 aromatic rings. The lowest BCUT2D eigenvalue weighted by atomic mass is 10.2. The maximum Gasteiger partial charge on any atom is 0.0991 e. The fourth-order valence-electron chi connectivity index (χ4n) is 2.36. The Hall–Kier alpha value is -2.38. The first-order chi connectivity index (χ1) is 10.1. The Morgan fingerprint density at radius 3 is 2.52 bits per heavy atom. The number of hydrogen-bond acceptors (Lipinski definition) is 2. The molecule has 1 atom stereocenters. The van der Waals surface area contributed by atoms with E-state index in [1.165, 1.54) is 0 Å². The molecule has 0 aliphatic heterocycles. The van der Waals surface area contributed by atoms with Gasteiger partial charge in [0.1, 0.15) is 0 Å². The molecule has 0 aliphatic rings. The lowest BCUT2D eigenvalue weighted by Gasteiger charge is -2.02. The maximum absolute atomic E-state index is 12.8. The van der Waals surface area contributed by atoms with E-state index in [4.69, 9.17) is 5.26 Å². The van der Waals surface area contributed by atoms with Crippen molar-refractivity contribution in [2.45, 2.75) is 16.7 Å². The first-order valence-electron chi connectivity index (χ1n) is 6.58. The van der Waals surface area contributed by atoms with E-state index in [0.717, 1.165) is 26.3 Å². The quantitative estimate of drug-likeness (QED) is 0.726. The van der Waals surface area contributed by atoms with Gasteiger partial charge in [0.05, 0.1) is 27.3 Å². The topological polar surface area (TPSA) is 45.8 Å². The van der Waals surface area contributed by atoms with Crippen LogP contribution in [-0.4, -0.2) is 8.78 Å². The molecule has 0 radical (unpaired) electrons. The minimum absolute atomic E-state index is 0.579. The zero-order chi connectivity index (χ0) is 15.0. The molecule has 0 saturated carbocycles. The van der Waals surface area contributed by atoms with Crippen molar-refractivity contribution < 1.29 is 4.21 Å². The summed E-state index contributed by atoms with van der Waals surface area (Å²) >= 11 is 0. The summed E-state index contributed by atoms with van der Waals surface area (Å²) in [5.74, 6) is 0. The van der Waals surface area contributed by atoms with E-state index in [0.29, 0.717) is 5.56 Å². The van der Waals surface area contributed by atoms with Crippen LogP contribution in [0.3, 0.4) is 0 Å². The van der Waals surface area contributed by atoms with E-state index in [9.17, 15) is 4.21 Å². The van der Waals surface area contributed by atoms with Crippen LogP contribution in [-0.2, 0) is 17.8 Å². The second kappa shape index (κ2) is 5.19. The van der Waals surface area contributed by atoms with Gasteiger partial charge in [0.25, 0.3) is 0 Å². The fraction of sp³-hybridized carbons (Fsp3) is 0.118. The third-order valence-electron chi connectivity index (χ3n) is 3.52. The van der Waals surface area contributed by atoms with Crippen LogP contribution in [0.15, 0.2) is 58.5 Å². The lowest BCUT2D eigenvalue weighted by molar-refractivity contribution is 0.683. The van der Waals surface area contributed by atoms with Gasteiger partial charge in [-0.1, -0.05) is 17.7 Å². The number of aromatic nitrogens is 1. The van der Waals surface area contributed by atoms with Gasteiger partial charge in [0.2, 0.25) is 0 Å². The van der Waals surface area contributed by atoms with Gasteiger partial charge in [-0.25, -0.2) is 4.21 Å². The highest BCUT2D eigenvalue weighted by Gasteiger charge is 2.15. The molecule has 0 fully saturated rings. The Balaban J connectivity index is 2.18. The smallest absolute Gasteiger partial charge is 0.0991 e. The van der Waals surface area contributed by atoms with Gasteiger partial charge in [-0.15, -0.1) is 0 Å². The molecule has 0 N–H and O–H groups in total. The Morgan fingerprint density at radius 1 is 1.14 bits per heavy atom. The normalized spacial score (nSPS) is 12.2. The number of hydrogen-bond donors (Lipinski definition) is 0. The van der Waals surface area contributed by atoms with Crippen molar-refractivity contribution in [3.05, 3.63) is 59.8 Å². The number of nitrogens with zero attached hydrogens (tertiary/aromatic N) is 2. The Labute approximate surface area is 125 Å².